The monoisotopic (exact) mass is 299 g/mol. The normalized spacial score (nSPS) is 11.6. The van der Waals surface area contributed by atoms with Gasteiger partial charge in [0, 0.05) is 26.7 Å². The van der Waals surface area contributed by atoms with Gasteiger partial charge < -0.3 is 10.2 Å². The number of aliphatic imine (C=N–C) groups is 1. The molecule has 0 spiro atoms. The Hall–Kier alpha value is -0.680. The maximum absolute atomic E-state index is 4.69. The van der Waals surface area contributed by atoms with Crippen molar-refractivity contribution >= 4 is 29.1 Å². The number of nitrogens with one attached hydrogen (secondary N) is 1. The van der Waals surface area contributed by atoms with Crippen molar-refractivity contribution in [3.05, 3.63) is 22.4 Å². The molecule has 0 radical (unpaired) electrons. The summed E-state index contributed by atoms with van der Waals surface area (Å²) < 4.78 is 0. The highest BCUT2D eigenvalue weighted by Crippen LogP contribution is 2.08. The van der Waals surface area contributed by atoms with Gasteiger partial charge in [0.05, 0.1) is 0 Å². The van der Waals surface area contributed by atoms with Gasteiger partial charge in [-0.05, 0) is 54.2 Å². The average Bonchev–Trinajstić information content (AvgIpc) is 2.90. The number of hydrogen-bond acceptors (Lipinski definition) is 3. The molecule has 0 amide bonds. The van der Waals surface area contributed by atoms with E-state index < -0.39 is 0 Å². The third kappa shape index (κ3) is 6.87. The quantitative estimate of drug-likeness (QED) is 0.453. The molecule has 108 valence electrons. The Balaban J connectivity index is 2.43. The van der Waals surface area contributed by atoms with E-state index in [1.807, 2.05) is 11.8 Å². The molecule has 0 saturated heterocycles. The number of hydrogen-bond donors (Lipinski definition) is 1. The summed E-state index contributed by atoms with van der Waals surface area (Å²) in [5.74, 6) is 2.24. The van der Waals surface area contributed by atoms with E-state index in [0.29, 0.717) is 0 Å². The zero-order chi connectivity index (χ0) is 13.9. The van der Waals surface area contributed by atoms with Gasteiger partial charge in [-0.15, -0.1) is 0 Å². The van der Waals surface area contributed by atoms with Crippen LogP contribution in [0.5, 0.6) is 0 Å². The molecular weight excluding hydrogens is 274 g/mol. The fourth-order valence-corrected chi connectivity index (χ4v) is 2.90. The predicted molar refractivity (Wildman–Crippen MR) is 89.4 cm³/mol. The molecule has 0 aliphatic carbocycles. The second kappa shape index (κ2) is 10.1. The maximum atomic E-state index is 4.69. The van der Waals surface area contributed by atoms with Crippen molar-refractivity contribution in [3.63, 3.8) is 0 Å². The molecule has 1 heterocycles. The molecule has 0 bridgehead atoms. The lowest BCUT2D eigenvalue weighted by Crippen LogP contribution is -2.38. The van der Waals surface area contributed by atoms with Crippen LogP contribution in [0.25, 0.3) is 0 Å². The second-order valence-corrected chi connectivity index (χ2v) is 6.19. The summed E-state index contributed by atoms with van der Waals surface area (Å²) in [6.45, 7) is 4.86. The molecule has 0 aromatic carbocycles. The van der Waals surface area contributed by atoms with Gasteiger partial charge in [-0.3, -0.25) is 4.99 Å². The Morgan fingerprint density at radius 3 is 2.95 bits per heavy atom. The lowest BCUT2D eigenvalue weighted by Gasteiger charge is -2.21. The smallest absolute Gasteiger partial charge is 0.193 e. The average molecular weight is 300 g/mol. The molecule has 3 nitrogen and oxygen atoms in total. The highest BCUT2D eigenvalue weighted by Gasteiger charge is 2.06. The lowest BCUT2D eigenvalue weighted by atomic mass is 10.3. The Morgan fingerprint density at radius 1 is 1.47 bits per heavy atom. The summed E-state index contributed by atoms with van der Waals surface area (Å²) in [4.78, 5) is 6.89. The van der Waals surface area contributed by atoms with Crippen LogP contribution in [0.4, 0.5) is 0 Å². The third-order valence-corrected chi connectivity index (χ3v) is 4.14. The minimum Gasteiger partial charge on any atom is -0.357 e. The molecule has 1 aromatic heterocycles. The number of thioether (sulfide) groups is 1. The van der Waals surface area contributed by atoms with Crippen LogP contribution in [-0.4, -0.2) is 43.0 Å². The van der Waals surface area contributed by atoms with Crippen LogP contribution in [0.2, 0.25) is 0 Å². The number of nitrogens with zero attached hydrogens (tertiary/aromatic N) is 2. The van der Waals surface area contributed by atoms with Crippen molar-refractivity contribution in [2.24, 2.45) is 4.99 Å². The second-order valence-electron chi connectivity index (χ2n) is 4.42. The van der Waals surface area contributed by atoms with E-state index in [9.17, 15) is 0 Å². The van der Waals surface area contributed by atoms with Gasteiger partial charge >= 0.3 is 0 Å². The van der Waals surface area contributed by atoms with E-state index in [0.717, 1.165) is 25.6 Å². The first-order valence-electron chi connectivity index (χ1n) is 6.77. The SMILES string of the molecule is CCNC(=NCCCCSC)N(C)Cc1ccsc1. The Bertz CT molecular complexity index is 350. The van der Waals surface area contributed by atoms with Crippen molar-refractivity contribution in [2.45, 2.75) is 26.3 Å². The summed E-state index contributed by atoms with van der Waals surface area (Å²) in [5, 5.41) is 7.67. The molecule has 1 aromatic rings. The van der Waals surface area contributed by atoms with Crippen molar-refractivity contribution in [1.82, 2.24) is 10.2 Å². The van der Waals surface area contributed by atoms with Crippen molar-refractivity contribution < 1.29 is 0 Å². The first-order chi connectivity index (χ1) is 9.27. The third-order valence-electron chi connectivity index (χ3n) is 2.71. The summed E-state index contributed by atoms with van der Waals surface area (Å²) >= 11 is 3.65. The first-order valence-corrected chi connectivity index (χ1v) is 9.11. The van der Waals surface area contributed by atoms with Crippen molar-refractivity contribution in [1.29, 1.82) is 0 Å². The maximum Gasteiger partial charge on any atom is 0.193 e. The summed E-state index contributed by atoms with van der Waals surface area (Å²) in [6, 6.07) is 2.17. The van der Waals surface area contributed by atoms with Crippen LogP contribution in [0, 0.1) is 0 Å². The lowest BCUT2D eigenvalue weighted by molar-refractivity contribution is 0.477. The minimum absolute atomic E-state index is 0.914. The van der Waals surface area contributed by atoms with E-state index in [1.54, 1.807) is 11.3 Å². The zero-order valence-electron chi connectivity index (χ0n) is 12.2. The van der Waals surface area contributed by atoms with Crippen LogP contribution in [-0.2, 0) is 6.54 Å². The predicted octanol–water partition coefficient (Wildman–Crippen LogP) is 3.29. The number of unbranched alkanes of at least 4 members (excludes halogenated alkanes) is 1. The molecule has 1 N–H and O–H groups in total. The largest absolute Gasteiger partial charge is 0.357 e. The molecule has 0 atom stereocenters. The fraction of sp³-hybridized carbons (Fsp3) is 0.643. The molecule has 0 saturated carbocycles. The van der Waals surface area contributed by atoms with Crippen LogP contribution in [0.15, 0.2) is 21.8 Å². The molecule has 0 unspecified atom stereocenters. The van der Waals surface area contributed by atoms with Crippen LogP contribution in [0.3, 0.4) is 0 Å². The van der Waals surface area contributed by atoms with Gasteiger partial charge in [0.1, 0.15) is 0 Å². The van der Waals surface area contributed by atoms with Gasteiger partial charge in [0.2, 0.25) is 0 Å². The Morgan fingerprint density at radius 2 is 2.32 bits per heavy atom. The van der Waals surface area contributed by atoms with E-state index in [2.05, 4.69) is 47.3 Å². The van der Waals surface area contributed by atoms with E-state index in [-0.39, 0.29) is 0 Å². The first kappa shape index (κ1) is 16.4. The van der Waals surface area contributed by atoms with Gasteiger partial charge in [0.15, 0.2) is 5.96 Å². The Kier molecular flexibility index (Phi) is 8.75. The highest BCUT2D eigenvalue weighted by molar-refractivity contribution is 7.98. The molecule has 0 fully saturated rings. The minimum atomic E-state index is 0.914. The Labute approximate surface area is 125 Å². The topological polar surface area (TPSA) is 27.6 Å². The number of rotatable bonds is 8. The van der Waals surface area contributed by atoms with E-state index in [4.69, 9.17) is 4.99 Å². The zero-order valence-corrected chi connectivity index (χ0v) is 13.8. The van der Waals surface area contributed by atoms with E-state index >= 15 is 0 Å². The molecule has 19 heavy (non-hydrogen) atoms. The van der Waals surface area contributed by atoms with Crippen LogP contribution < -0.4 is 5.32 Å². The summed E-state index contributed by atoms with van der Waals surface area (Å²) in [7, 11) is 2.10. The molecule has 0 aliphatic heterocycles. The van der Waals surface area contributed by atoms with E-state index in [1.165, 1.54) is 24.2 Å². The number of guanidine groups is 1. The number of thiophene rings is 1. The van der Waals surface area contributed by atoms with Crippen molar-refractivity contribution in [2.75, 3.05) is 32.1 Å². The fourth-order valence-electron chi connectivity index (χ4n) is 1.74. The molecular formula is C14H25N3S2. The summed E-state index contributed by atoms with van der Waals surface area (Å²) in [6.07, 6.45) is 4.57. The molecule has 1 rings (SSSR count). The van der Waals surface area contributed by atoms with Gasteiger partial charge in [-0.25, -0.2) is 0 Å². The molecule has 0 aliphatic rings. The molecule has 5 heteroatoms. The van der Waals surface area contributed by atoms with Gasteiger partial charge in [-0.1, -0.05) is 0 Å². The highest BCUT2D eigenvalue weighted by atomic mass is 32.2. The summed E-state index contributed by atoms with van der Waals surface area (Å²) in [5.41, 5.74) is 1.35. The van der Waals surface area contributed by atoms with Gasteiger partial charge in [0.25, 0.3) is 0 Å². The van der Waals surface area contributed by atoms with Gasteiger partial charge in [-0.2, -0.15) is 23.1 Å². The standard InChI is InChI=1S/C14H25N3S2/c1-4-15-14(16-8-5-6-9-18-3)17(2)11-13-7-10-19-12-13/h7,10,12H,4-6,8-9,11H2,1-3H3,(H,15,16). The van der Waals surface area contributed by atoms with Crippen molar-refractivity contribution in [3.8, 4) is 0 Å². The van der Waals surface area contributed by atoms with Crippen LogP contribution >= 0.6 is 23.1 Å². The van der Waals surface area contributed by atoms with Crippen LogP contribution in [0.1, 0.15) is 25.3 Å².